The van der Waals surface area contributed by atoms with Crippen molar-refractivity contribution in [2.45, 2.75) is 39.2 Å². The van der Waals surface area contributed by atoms with Crippen LogP contribution in [0.25, 0.3) is 0 Å². The van der Waals surface area contributed by atoms with Gasteiger partial charge in [0, 0.05) is 5.92 Å². The molecule has 0 aromatic rings. The van der Waals surface area contributed by atoms with E-state index in [1.54, 1.807) is 0 Å². The summed E-state index contributed by atoms with van der Waals surface area (Å²) in [6.07, 6.45) is 5.11. The number of aliphatic hydroxyl groups is 1. The van der Waals surface area contributed by atoms with E-state index >= 15 is 0 Å². The molecule has 0 saturated heterocycles. The highest BCUT2D eigenvalue weighted by molar-refractivity contribution is 4.90. The number of aliphatic hydroxyl groups excluding tert-OH is 1. The van der Waals surface area contributed by atoms with Crippen molar-refractivity contribution in [3.8, 4) is 0 Å². The summed E-state index contributed by atoms with van der Waals surface area (Å²) in [6, 6.07) is 0. The summed E-state index contributed by atoms with van der Waals surface area (Å²) in [7, 11) is 0. The maximum Gasteiger partial charge on any atom is 0.0605 e. The Morgan fingerprint density at radius 1 is 1.42 bits per heavy atom. The molecule has 1 rings (SSSR count). The molecule has 1 heteroatoms. The Kier molecular flexibility index (Phi) is 3.33. The molecule has 1 nitrogen and oxygen atoms in total. The van der Waals surface area contributed by atoms with Crippen LogP contribution in [0.1, 0.15) is 33.1 Å². The molecule has 1 aliphatic carbocycles. The summed E-state index contributed by atoms with van der Waals surface area (Å²) >= 11 is 0. The zero-order valence-corrected chi connectivity index (χ0v) is 8.16. The molecule has 0 heterocycles. The molecule has 70 valence electrons. The third-order valence-electron chi connectivity index (χ3n) is 3.15. The maximum absolute atomic E-state index is 9.72. The van der Waals surface area contributed by atoms with Gasteiger partial charge in [0.1, 0.15) is 0 Å². The second-order valence-electron chi connectivity index (χ2n) is 4.28. The Labute approximate surface area is 75.5 Å². The van der Waals surface area contributed by atoms with E-state index in [0.29, 0.717) is 11.8 Å². The van der Waals surface area contributed by atoms with Gasteiger partial charge in [-0.15, -0.1) is 6.58 Å². The van der Waals surface area contributed by atoms with E-state index in [1.165, 1.54) is 6.42 Å². The maximum atomic E-state index is 9.72. The van der Waals surface area contributed by atoms with Gasteiger partial charge < -0.3 is 5.11 Å². The van der Waals surface area contributed by atoms with Crippen LogP contribution in [-0.4, -0.2) is 11.2 Å². The van der Waals surface area contributed by atoms with Gasteiger partial charge in [-0.05, 0) is 31.1 Å². The average Bonchev–Trinajstić information content (AvgIpc) is 2.04. The first-order valence-electron chi connectivity index (χ1n) is 4.95. The lowest BCUT2D eigenvalue weighted by Crippen LogP contribution is -2.30. The highest BCUT2D eigenvalue weighted by Gasteiger charge is 2.28. The minimum atomic E-state index is -0.136. The molecule has 1 saturated carbocycles. The average molecular weight is 168 g/mol. The predicted octanol–water partition coefficient (Wildman–Crippen LogP) is 2.61. The summed E-state index contributed by atoms with van der Waals surface area (Å²) in [4.78, 5) is 0. The first-order valence-corrected chi connectivity index (χ1v) is 4.95. The standard InChI is InChI=1S/C11H20O/c1-4-9-5-6-10(8(2)3)7-11(9)12/h4,8-12H,1,5-7H2,2-3H3/t9-,10-,11-/m0/s1. The van der Waals surface area contributed by atoms with Crippen LogP contribution in [0.3, 0.4) is 0 Å². The van der Waals surface area contributed by atoms with Crippen molar-refractivity contribution < 1.29 is 5.11 Å². The van der Waals surface area contributed by atoms with E-state index in [4.69, 9.17) is 0 Å². The Bertz CT molecular complexity index is 151. The molecule has 0 aromatic heterocycles. The number of rotatable bonds is 2. The lowest BCUT2D eigenvalue weighted by atomic mass is 9.75. The van der Waals surface area contributed by atoms with Gasteiger partial charge in [0.2, 0.25) is 0 Å². The van der Waals surface area contributed by atoms with Crippen LogP contribution < -0.4 is 0 Å². The van der Waals surface area contributed by atoms with E-state index < -0.39 is 0 Å². The van der Waals surface area contributed by atoms with Crippen molar-refractivity contribution in [2.75, 3.05) is 0 Å². The first-order chi connectivity index (χ1) is 5.65. The van der Waals surface area contributed by atoms with Gasteiger partial charge in [-0.2, -0.15) is 0 Å². The third-order valence-corrected chi connectivity index (χ3v) is 3.15. The zero-order chi connectivity index (χ0) is 9.14. The van der Waals surface area contributed by atoms with Crippen LogP contribution in [0, 0.1) is 17.8 Å². The van der Waals surface area contributed by atoms with Gasteiger partial charge in [-0.1, -0.05) is 19.9 Å². The van der Waals surface area contributed by atoms with Crippen LogP contribution in [0.5, 0.6) is 0 Å². The fourth-order valence-electron chi connectivity index (χ4n) is 2.08. The fraction of sp³-hybridized carbons (Fsp3) is 0.818. The van der Waals surface area contributed by atoms with Crippen LogP contribution in [0.4, 0.5) is 0 Å². The largest absolute Gasteiger partial charge is 0.393 e. The summed E-state index contributed by atoms with van der Waals surface area (Å²) in [6.45, 7) is 8.23. The van der Waals surface area contributed by atoms with E-state index in [1.807, 2.05) is 6.08 Å². The van der Waals surface area contributed by atoms with Gasteiger partial charge >= 0.3 is 0 Å². The third kappa shape index (κ3) is 2.10. The summed E-state index contributed by atoms with van der Waals surface area (Å²) in [5, 5.41) is 9.72. The van der Waals surface area contributed by atoms with Crippen LogP contribution >= 0.6 is 0 Å². The zero-order valence-electron chi connectivity index (χ0n) is 8.16. The molecule has 0 radical (unpaired) electrons. The number of hydrogen-bond donors (Lipinski definition) is 1. The molecule has 0 aromatic carbocycles. The van der Waals surface area contributed by atoms with Crippen LogP contribution in [0.15, 0.2) is 12.7 Å². The molecule has 1 N–H and O–H groups in total. The van der Waals surface area contributed by atoms with Crippen LogP contribution in [-0.2, 0) is 0 Å². The van der Waals surface area contributed by atoms with Crippen molar-refractivity contribution in [3.63, 3.8) is 0 Å². The molecule has 0 unspecified atom stereocenters. The molecule has 1 fully saturated rings. The normalized spacial score (nSPS) is 36.8. The SMILES string of the molecule is C=C[C@H]1CC[C@H](C(C)C)C[C@@H]1O. The van der Waals surface area contributed by atoms with E-state index in [-0.39, 0.29) is 6.10 Å². The lowest BCUT2D eigenvalue weighted by molar-refractivity contribution is 0.0529. The molecule has 3 atom stereocenters. The molecule has 0 spiro atoms. The summed E-state index contributed by atoms with van der Waals surface area (Å²) in [5.41, 5.74) is 0. The topological polar surface area (TPSA) is 20.2 Å². The summed E-state index contributed by atoms with van der Waals surface area (Å²) in [5.74, 6) is 1.78. The quantitative estimate of drug-likeness (QED) is 0.628. The smallest absolute Gasteiger partial charge is 0.0605 e. The van der Waals surface area contributed by atoms with Crippen molar-refractivity contribution >= 4 is 0 Å². The Morgan fingerprint density at radius 2 is 2.08 bits per heavy atom. The molecule has 0 amide bonds. The molecular formula is C11H20O. The molecular weight excluding hydrogens is 148 g/mol. The van der Waals surface area contributed by atoms with Crippen molar-refractivity contribution in [1.29, 1.82) is 0 Å². The predicted molar refractivity (Wildman–Crippen MR) is 51.9 cm³/mol. The second kappa shape index (κ2) is 4.08. The van der Waals surface area contributed by atoms with Gasteiger partial charge in [-0.25, -0.2) is 0 Å². The Hall–Kier alpha value is -0.300. The van der Waals surface area contributed by atoms with Gasteiger partial charge in [0.25, 0.3) is 0 Å². The highest BCUT2D eigenvalue weighted by Crippen LogP contribution is 2.33. The monoisotopic (exact) mass is 168 g/mol. The van der Waals surface area contributed by atoms with E-state index in [9.17, 15) is 5.11 Å². The van der Waals surface area contributed by atoms with Gasteiger partial charge in [0.05, 0.1) is 6.10 Å². The van der Waals surface area contributed by atoms with Gasteiger partial charge in [0.15, 0.2) is 0 Å². The Balaban J connectivity index is 2.45. The Morgan fingerprint density at radius 3 is 2.50 bits per heavy atom. The van der Waals surface area contributed by atoms with Crippen molar-refractivity contribution in [1.82, 2.24) is 0 Å². The molecule has 0 bridgehead atoms. The highest BCUT2D eigenvalue weighted by atomic mass is 16.3. The summed E-state index contributed by atoms with van der Waals surface area (Å²) < 4.78 is 0. The lowest BCUT2D eigenvalue weighted by Gasteiger charge is -2.33. The first kappa shape index (κ1) is 9.79. The van der Waals surface area contributed by atoms with Gasteiger partial charge in [-0.3, -0.25) is 0 Å². The number of hydrogen-bond acceptors (Lipinski definition) is 1. The van der Waals surface area contributed by atoms with Crippen LogP contribution in [0.2, 0.25) is 0 Å². The minimum Gasteiger partial charge on any atom is -0.393 e. The van der Waals surface area contributed by atoms with E-state index in [0.717, 1.165) is 18.8 Å². The second-order valence-corrected chi connectivity index (χ2v) is 4.28. The minimum absolute atomic E-state index is 0.136. The fourth-order valence-corrected chi connectivity index (χ4v) is 2.08. The van der Waals surface area contributed by atoms with Crippen molar-refractivity contribution in [3.05, 3.63) is 12.7 Å². The molecule has 1 aliphatic rings. The van der Waals surface area contributed by atoms with Crippen molar-refractivity contribution in [2.24, 2.45) is 17.8 Å². The van der Waals surface area contributed by atoms with E-state index in [2.05, 4.69) is 20.4 Å². The molecule has 12 heavy (non-hydrogen) atoms. The molecule has 0 aliphatic heterocycles.